The fourth-order valence-electron chi connectivity index (χ4n) is 2.58. The Morgan fingerprint density at radius 2 is 2.04 bits per heavy atom. The SMILES string of the molecule is CCOP(=O)(OCC)c1csc2nc(-c3cccc(Cl)c3)c(C#N)c(=O)n12. The normalized spacial score (nSPS) is 11.6. The summed E-state index contributed by atoms with van der Waals surface area (Å²) in [6, 6.07) is 8.63. The van der Waals surface area contributed by atoms with Gasteiger partial charge in [0.1, 0.15) is 11.6 Å². The molecule has 2 heterocycles. The van der Waals surface area contributed by atoms with E-state index in [4.69, 9.17) is 20.6 Å². The van der Waals surface area contributed by atoms with Gasteiger partial charge in [0.05, 0.1) is 18.9 Å². The van der Waals surface area contributed by atoms with Crippen molar-refractivity contribution < 1.29 is 13.6 Å². The summed E-state index contributed by atoms with van der Waals surface area (Å²) in [4.78, 5) is 17.7. The Hall–Kier alpha value is -2.01. The van der Waals surface area contributed by atoms with Crippen LogP contribution in [0.2, 0.25) is 5.02 Å². The first-order valence-electron chi connectivity index (χ1n) is 8.05. The third kappa shape index (κ3) is 3.57. The lowest BCUT2D eigenvalue weighted by molar-refractivity contribution is 0.229. The molecule has 0 aliphatic rings. The van der Waals surface area contributed by atoms with Crippen molar-refractivity contribution in [3.8, 4) is 17.3 Å². The monoisotopic (exact) mass is 423 g/mol. The van der Waals surface area contributed by atoms with E-state index in [-0.39, 0.29) is 34.9 Å². The number of nitrogens with zero attached hydrogens (tertiary/aromatic N) is 3. The number of thiazole rings is 1. The molecule has 2 aromatic heterocycles. The predicted octanol–water partition coefficient (Wildman–Crippen LogP) is 3.84. The molecule has 0 spiro atoms. The lowest BCUT2D eigenvalue weighted by atomic mass is 10.1. The summed E-state index contributed by atoms with van der Waals surface area (Å²) in [5.74, 6) is 0. The van der Waals surface area contributed by atoms with Gasteiger partial charge in [-0.1, -0.05) is 23.7 Å². The molecule has 0 aliphatic heterocycles. The number of nitriles is 1. The zero-order chi connectivity index (χ0) is 19.6. The van der Waals surface area contributed by atoms with Crippen molar-refractivity contribution in [3.63, 3.8) is 0 Å². The lowest BCUT2D eigenvalue weighted by Gasteiger charge is -2.16. The van der Waals surface area contributed by atoms with Gasteiger partial charge in [-0.25, -0.2) is 9.38 Å². The molecule has 0 unspecified atom stereocenters. The first-order chi connectivity index (χ1) is 12.9. The second-order valence-electron chi connectivity index (χ2n) is 5.31. The van der Waals surface area contributed by atoms with Crippen LogP contribution in [0.5, 0.6) is 0 Å². The van der Waals surface area contributed by atoms with Crippen molar-refractivity contribution in [2.45, 2.75) is 13.8 Å². The Morgan fingerprint density at radius 3 is 2.63 bits per heavy atom. The Morgan fingerprint density at radius 1 is 1.33 bits per heavy atom. The van der Waals surface area contributed by atoms with Gasteiger partial charge in [0.15, 0.2) is 10.4 Å². The Bertz CT molecular complexity index is 1140. The van der Waals surface area contributed by atoms with Crippen LogP contribution in [0.15, 0.2) is 34.4 Å². The van der Waals surface area contributed by atoms with Gasteiger partial charge in [0, 0.05) is 16.0 Å². The molecule has 3 rings (SSSR count). The van der Waals surface area contributed by atoms with E-state index >= 15 is 0 Å². The van der Waals surface area contributed by atoms with Crippen molar-refractivity contribution in [3.05, 3.63) is 50.6 Å². The van der Waals surface area contributed by atoms with Gasteiger partial charge in [-0.2, -0.15) is 5.26 Å². The molecule has 0 bridgehead atoms. The third-order valence-electron chi connectivity index (χ3n) is 3.64. The fourth-order valence-corrected chi connectivity index (χ4v) is 5.71. The molecule has 7 nitrogen and oxygen atoms in total. The Kier molecular flexibility index (Phi) is 5.80. The van der Waals surface area contributed by atoms with Gasteiger partial charge in [0.25, 0.3) is 5.56 Å². The maximum Gasteiger partial charge on any atom is 0.378 e. The highest BCUT2D eigenvalue weighted by Gasteiger charge is 2.32. The van der Waals surface area contributed by atoms with E-state index in [2.05, 4.69) is 4.98 Å². The number of hydrogen-bond acceptors (Lipinski definition) is 7. The van der Waals surface area contributed by atoms with E-state index in [1.165, 1.54) is 5.38 Å². The third-order valence-corrected chi connectivity index (χ3v) is 6.96. The highest BCUT2D eigenvalue weighted by Crippen LogP contribution is 2.47. The zero-order valence-corrected chi connectivity index (χ0v) is 17.0. The minimum Gasteiger partial charge on any atom is -0.304 e. The van der Waals surface area contributed by atoms with E-state index in [1.807, 2.05) is 6.07 Å². The molecule has 140 valence electrons. The number of halogens is 1. The van der Waals surface area contributed by atoms with Crippen LogP contribution in [0.4, 0.5) is 0 Å². The number of aromatic nitrogens is 2. The zero-order valence-electron chi connectivity index (χ0n) is 14.5. The average Bonchev–Trinajstić information content (AvgIpc) is 3.07. The molecular formula is C17H15ClN3O4PS. The number of hydrogen-bond donors (Lipinski definition) is 0. The molecule has 27 heavy (non-hydrogen) atoms. The molecule has 0 radical (unpaired) electrons. The van der Waals surface area contributed by atoms with Crippen LogP contribution in [-0.2, 0) is 13.6 Å². The molecular weight excluding hydrogens is 409 g/mol. The molecule has 3 aromatic rings. The second kappa shape index (κ2) is 7.93. The van der Waals surface area contributed by atoms with Crippen molar-refractivity contribution in [2.75, 3.05) is 13.2 Å². The van der Waals surface area contributed by atoms with E-state index in [0.29, 0.717) is 10.6 Å². The molecule has 0 N–H and O–H groups in total. The van der Waals surface area contributed by atoms with Crippen LogP contribution in [0.25, 0.3) is 16.2 Å². The summed E-state index contributed by atoms with van der Waals surface area (Å²) in [6.07, 6.45) is 0. The second-order valence-corrected chi connectivity index (χ2v) is 8.55. The number of rotatable bonds is 6. The first-order valence-corrected chi connectivity index (χ1v) is 10.8. The van der Waals surface area contributed by atoms with E-state index in [0.717, 1.165) is 15.7 Å². The standard InChI is InChI=1S/C17H15ClN3O4PS/c1-3-24-26(23,25-4-2)14-10-27-17-20-15(11-6-5-7-12(18)8-11)13(9-19)16(22)21(14)17/h5-8,10H,3-4H2,1-2H3. The van der Waals surface area contributed by atoms with Crippen molar-refractivity contribution in [1.82, 2.24) is 9.38 Å². The smallest absolute Gasteiger partial charge is 0.304 e. The van der Waals surface area contributed by atoms with Gasteiger partial charge in [0.2, 0.25) is 0 Å². The minimum absolute atomic E-state index is 0.0674. The van der Waals surface area contributed by atoms with Crippen LogP contribution in [0.3, 0.4) is 0 Å². The van der Waals surface area contributed by atoms with E-state index < -0.39 is 13.2 Å². The van der Waals surface area contributed by atoms with Gasteiger partial charge in [-0.15, -0.1) is 11.3 Å². The molecule has 0 saturated heterocycles. The maximum absolute atomic E-state index is 13.1. The van der Waals surface area contributed by atoms with Gasteiger partial charge in [-0.3, -0.25) is 9.36 Å². The number of fused-ring (bicyclic) bond motifs is 1. The summed E-state index contributed by atoms with van der Waals surface area (Å²) >= 11 is 7.14. The maximum atomic E-state index is 13.1. The van der Waals surface area contributed by atoms with Gasteiger partial charge in [-0.05, 0) is 26.0 Å². The van der Waals surface area contributed by atoms with Crippen LogP contribution in [-0.4, -0.2) is 22.6 Å². The van der Waals surface area contributed by atoms with E-state index in [9.17, 15) is 14.6 Å². The van der Waals surface area contributed by atoms with Crippen molar-refractivity contribution >= 4 is 40.9 Å². The average molecular weight is 424 g/mol. The molecule has 0 aliphatic carbocycles. The highest BCUT2D eigenvalue weighted by molar-refractivity contribution is 7.62. The van der Waals surface area contributed by atoms with Crippen molar-refractivity contribution in [1.29, 1.82) is 5.26 Å². The first kappa shape index (κ1) is 19.7. The molecule has 1 aromatic carbocycles. The minimum atomic E-state index is -3.72. The summed E-state index contributed by atoms with van der Waals surface area (Å²) < 4.78 is 24.9. The summed E-state index contributed by atoms with van der Waals surface area (Å²) in [6.45, 7) is 3.64. The predicted molar refractivity (Wildman–Crippen MR) is 105 cm³/mol. The summed E-state index contributed by atoms with van der Waals surface area (Å²) in [5, 5.41) is 11.5. The summed E-state index contributed by atoms with van der Waals surface area (Å²) in [5.41, 5.74) is 0.0348. The molecule has 0 atom stereocenters. The largest absolute Gasteiger partial charge is 0.378 e. The molecule has 10 heteroatoms. The Labute approximate surface area is 164 Å². The van der Waals surface area contributed by atoms with Crippen LogP contribution in [0.1, 0.15) is 19.4 Å². The van der Waals surface area contributed by atoms with Crippen LogP contribution in [0, 0.1) is 11.3 Å². The number of benzene rings is 1. The quantitative estimate of drug-likeness (QED) is 0.559. The molecule has 0 fully saturated rings. The Balaban J connectivity index is 2.32. The van der Waals surface area contributed by atoms with E-state index in [1.54, 1.807) is 38.1 Å². The van der Waals surface area contributed by atoms with Gasteiger partial charge < -0.3 is 9.05 Å². The van der Waals surface area contributed by atoms with Crippen LogP contribution >= 0.6 is 30.5 Å². The summed E-state index contributed by atoms with van der Waals surface area (Å²) in [7, 11) is -3.72. The molecule has 0 saturated carbocycles. The topological polar surface area (TPSA) is 93.7 Å². The van der Waals surface area contributed by atoms with Crippen molar-refractivity contribution in [2.24, 2.45) is 0 Å². The van der Waals surface area contributed by atoms with Crippen LogP contribution < -0.4 is 11.0 Å². The lowest BCUT2D eigenvalue weighted by Crippen LogP contribution is -2.28. The highest BCUT2D eigenvalue weighted by atomic mass is 35.5. The fraction of sp³-hybridized carbons (Fsp3) is 0.235. The molecule has 0 amide bonds. The van der Waals surface area contributed by atoms with Gasteiger partial charge >= 0.3 is 7.60 Å².